The van der Waals surface area contributed by atoms with Gasteiger partial charge in [-0.3, -0.25) is 4.98 Å². The number of hydrogen-bond donors (Lipinski definition) is 1. The standard InChI is InChI=1S/C20H19N3O2/c1-25-20(24)16-10-9-15(22-19(16)14-6-7-14)12-21-18-11-8-13-4-2-3-5-17(13)23-18/h2-5,8-11,14H,6-7,12H2,1H3,(H,21,23). The molecule has 1 aromatic carbocycles. The molecule has 0 radical (unpaired) electrons. The quantitative estimate of drug-likeness (QED) is 0.717. The van der Waals surface area contributed by atoms with Crippen molar-refractivity contribution in [2.24, 2.45) is 0 Å². The van der Waals surface area contributed by atoms with E-state index in [-0.39, 0.29) is 5.97 Å². The molecule has 0 saturated heterocycles. The van der Waals surface area contributed by atoms with Crippen molar-refractivity contribution < 1.29 is 9.53 Å². The van der Waals surface area contributed by atoms with E-state index in [1.54, 1.807) is 0 Å². The third-order valence-electron chi connectivity index (χ3n) is 4.40. The maximum atomic E-state index is 11.9. The Morgan fingerprint density at radius 1 is 1.12 bits per heavy atom. The molecule has 0 atom stereocenters. The van der Waals surface area contributed by atoms with Gasteiger partial charge in [0.2, 0.25) is 0 Å². The molecular formula is C20H19N3O2. The molecule has 1 N–H and O–H groups in total. The van der Waals surface area contributed by atoms with Gasteiger partial charge in [-0.05, 0) is 43.2 Å². The van der Waals surface area contributed by atoms with Gasteiger partial charge in [0.05, 0.1) is 36.1 Å². The number of anilines is 1. The van der Waals surface area contributed by atoms with E-state index in [0.29, 0.717) is 18.0 Å². The molecule has 1 saturated carbocycles. The minimum absolute atomic E-state index is 0.315. The minimum atomic E-state index is -0.315. The second-order valence-electron chi connectivity index (χ2n) is 6.24. The largest absolute Gasteiger partial charge is 0.465 e. The summed E-state index contributed by atoms with van der Waals surface area (Å²) in [5, 5.41) is 4.43. The Kier molecular flexibility index (Phi) is 4.06. The van der Waals surface area contributed by atoms with E-state index >= 15 is 0 Å². The highest BCUT2D eigenvalue weighted by atomic mass is 16.5. The van der Waals surface area contributed by atoms with Gasteiger partial charge in [-0.2, -0.15) is 0 Å². The molecule has 1 aliphatic rings. The van der Waals surface area contributed by atoms with Gasteiger partial charge in [0.1, 0.15) is 5.82 Å². The predicted octanol–water partition coefficient (Wildman–Crippen LogP) is 3.91. The maximum absolute atomic E-state index is 11.9. The van der Waals surface area contributed by atoms with Crippen LogP contribution in [0.15, 0.2) is 48.5 Å². The molecule has 3 aromatic rings. The van der Waals surface area contributed by atoms with Crippen LogP contribution in [0.25, 0.3) is 10.9 Å². The molecule has 2 heterocycles. The van der Waals surface area contributed by atoms with E-state index in [1.165, 1.54) is 7.11 Å². The molecule has 126 valence electrons. The topological polar surface area (TPSA) is 64.1 Å². The van der Waals surface area contributed by atoms with Crippen molar-refractivity contribution in [2.75, 3.05) is 12.4 Å². The summed E-state index contributed by atoms with van der Waals surface area (Å²) >= 11 is 0. The summed E-state index contributed by atoms with van der Waals surface area (Å²) in [6.07, 6.45) is 2.17. The second kappa shape index (κ2) is 6.51. The van der Waals surface area contributed by atoms with Crippen LogP contribution in [-0.2, 0) is 11.3 Å². The molecule has 0 unspecified atom stereocenters. The van der Waals surface area contributed by atoms with Crippen molar-refractivity contribution in [3.8, 4) is 0 Å². The summed E-state index contributed by atoms with van der Waals surface area (Å²) in [7, 11) is 1.40. The number of nitrogens with one attached hydrogen (secondary N) is 1. The number of carbonyl (C=O) groups is 1. The van der Waals surface area contributed by atoms with Crippen LogP contribution in [0.2, 0.25) is 0 Å². The minimum Gasteiger partial charge on any atom is -0.465 e. The summed E-state index contributed by atoms with van der Waals surface area (Å²) in [5.41, 5.74) is 3.29. The number of para-hydroxylation sites is 1. The van der Waals surface area contributed by atoms with Gasteiger partial charge in [-0.15, -0.1) is 0 Å². The van der Waals surface area contributed by atoms with Crippen molar-refractivity contribution in [2.45, 2.75) is 25.3 Å². The summed E-state index contributed by atoms with van der Waals surface area (Å²) in [5.74, 6) is 0.878. The first-order valence-corrected chi connectivity index (χ1v) is 8.42. The van der Waals surface area contributed by atoms with Gasteiger partial charge in [-0.1, -0.05) is 18.2 Å². The van der Waals surface area contributed by atoms with E-state index in [0.717, 1.165) is 41.0 Å². The smallest absolute Gasteiger partial charge is 0.339 e. The molecule has 4 rings (SSSR count). The number of benzene rings is 1. The molecule has 0 bridgehead atoms. The lowest BCUT2D eigenvalue weighted by Crippen LogP contribution is -2.10. The first-order chi connectivity index (χ1) is 12.2. The number of rotatable bonds is 5. The monoisotopic (exact) mass is 333 g/mol. The highest BCUT2D eigenvalue weighted by molar-refractivity contribution is 5.90. The van der Waals surface area contributed by atoms with E-state index in [1.807, 2.05) is 48.5 Å². The fraction of sp³-hybridized carbons (Fsp3) is 0.250. The lowest BCUT2D eigenvalue weighted by molar-refractivity contribution is 0.0598. The Labute approximate surface area is 146 Å². The third kappa shape index (κ3) is 3.31. The van der Waals surface area contributed by atoms with Gasteiger partial charge >= 0.3 is 5.97 Å². The molecule has 0 aliphatic heterocycles. The van der Waals surface area contributed by atoms with Gasteiger partial charge in [0.15, 0.2) is 0 Å². The summed E-state index contributed by atoms with van der Waals surface area (Å²) in [4.78, 5) is 21.2. The van der Waals surface area contributed by atoms with Crippen LogP contribution in [0.4, 0.5) is 5.82 Å². The molecule has 0 amide bonds. The zero-order valence-corrected chi connectivity index (χ0v) is 14.0. The first-order valence-electron chi connectivity index (χ1n) is 8.42. The van der Waals surface area contributed by atoms with Crippen LogP contribution in [0.1, 0.15) is 40.5 Å². The Morgan fingerprint density at radius 2 is 1.96 bits per heavy atom. The zero-order chi connectivity index (χ0) is 17.2. The van der Waals surface area contributed by atoms with Crippen molar-refractivity contribution in [3.05, 3.63) is 65.5 Å². The molecule has 25 heavy (non-hydrogen) atoms. The molecule has 1 aliphatic carbocycles. The van der Waals surface area contributed by atoms with Crippen LogP contribution >= 0.6 is 0 Å². The predicted molar refractivity (Wildman–Crippen MR) is 96.6 cm³/mol. The summed E-state index contributed by atoms with van der Waals surface area (Å²) in [6.45, 7) is 0.562. The summed E-state index contributed by atoms with van der Waals surface area (Å²) < 4.78 is 4.86. The second-order valence-corrected chi connectivity index (χ2v) is 6.24. The molecular weight excluding hydrogens is 314 g/mol. The highest BCUT2D eigenvalue weighted by Gasteiger charge is 2.30. The van der Waals surface area contributed by atoms with Gasteiger partial charge < -0.3 is 10.1 Å². The molecule has 5 nitrogen and oxygen atoms in total. The molecule has 0 spiro atoms. The molecule has 5 heteroatoms. The lowest BCUT2D eigenvalue weighted by atomic mass is 10.1. The van der Waals surface area contributed by atoms with E-state index in [9.17, 15) is 4.79 Å². The van der Waals surface area contributed by atoms with Gasteiger partial charge in [-0.25, -0.2) is 9.78 Å². The van der Waals surface area contributed by atoms with Crippen molar-refractivity contribution in [1.82, 2.24) is 9.97 Å². The third-order valence-corrected chi connectivity index (χ3v) is 4.40. The summed E-state index contributed by atoms with van der Waals surface area (Å²) in [6, 6.07) is 15.7. The number of carbonyl (C=O) groups excluding carboxylic acids is 1. The number of fused-ring (bicyclic) bond motifs is 1. The van der Waals surface area contributed by atoms with Gasteiger partial charge in [0, 0.05) is 11.3 Å². The van der Waals surface area contributed by atoms with E-state index < -0.39 is 0 Å². The number of nitrogens with zero attached hydrogens (tertiary/aromatic N) is 2. The fourth-order valence-corrected chi connectivity index (χ4v) is 2.91. The van der Waals surface area contributed by atoms with E-state index in [4.69, 9.17) is 9.72 Å². The van der Waals surface area contributed by atoms with Crippen LogP contribution in [0, 0.1) is 0 Å². The molecule has 2 aromatic heterocycles. The number of pyridine rings is 2. The Hall–Kier alpha value is -2.95. The highest BCUT2D eigenvalue weighted by Crippen LogP contribution is 2.40. The zero-order valence-electron chi connectivity index (χ0n) is 14.0. The van der Waals surface area contributed by atoms with Gasteiger partial charge in [0.25, 0.3) is 0 Å². The normalized spacial score (nSPS) is 13.6. The first kappa shape index (κ1) is 15.6. The maximum Gasteiger partial charge on any atom is 0.339 e. The van der Waals surface area contributed by atoms with Crippen molar-refractivity contribution >= 4 is 22.7 Å². The number of ether oxygens (including phenoxy) is 1. The SMILES string of the molecule is COC(=O)c1ccc(CNc2ccc3ccccc3n2)nc1C1CC1. The Bertz CT molecular complexity index is 935. The fourth-order valence-electron chi connectivity index (χ4n) is 2.91. The lowest BCUT2D eigenvalue weighted by Gasteiger charge is -2.10. The number of hydrogen-bond acceptors (Lipinski definition) is 5. The van der Waals surface area contributed by atoms with E-state index in [2.05, 4.69) is 10.3 Å². The Balaban J connectivity index is 1.53. The van der Waals surface area contributed by atoms with Crippen LogP contribution in [0.5, 0.6) is 0 Å². The van der Waals surface area contributed by atoms with Crippen molar-refractivity contribution in [3.63, 3.8) is 0 Å². The average Bonchev–Trinajstić information content (AvgIpc) is 3.50. The van der Waals surface area contributed by atoms with Crippen molar-refractivity contribution in [1.29, 1.82) is 0 Å². The average molecular weight is 333 g/mol. The number of aromatic nitrogens is 2. The number of esters is 1. The van der Waals surface area contributed by atoms with Crippen LogP contribution < -0.4 is 5.32 Å². The number of methoxy groups -OCH3 is 1. The Morgan fingerprint density at radius 3 is 2.76 bits per heavy atom. The van der Waals surface area contributed by atoms with Crippen LogP contribution in [-0.4, -0.2) is 23.0 Å². The van der Waals surface area contributed by atoms with Crippen LogP contribution in [0.3, 0.4) is 0 Å². The molecule has 1 fully saturated rings.